The number of unbranched alkanes of at least 4 members (excludes halogenated alkanes) is 42. The van der Waals surface area contributed by atoms with Gasteiger partial charge in [0.05, 0.1) is 0 Å². The van der Waals surface area contributed by atoms with Crippen LogP contribution < -0.4 is 0 Å². The number of hydrogen-bond donors (Lipinski definition) is 0. The summed E-state index contributed by atoms with van der Waals surface area (Å²) in [6.07, 6.45) is 85.2. The zero-order valence-electron chi connectivity index (χ0n) is 52.2. The molecule has 0 heterocycles. The third-order valence-electron chi connectivity index (χ3n) is 15.2. The van der Waals surface area contributed by atoms with Gasteiger partial charge < -0.3 is 14.2 Å². The van der Waals surface area contributed by atoms with E-state index in [0.29, 0.717) is 19.3 Å². The molecule has 0 aromatic heterocycles. The fourth-order valence-corrected chi connectivity index (χ4v) is 10.1. The number of hydrogen-bond acceptors (Lipinski definition) is 6. The van der Waals surface area contributed by atoms with Crippen molar-refractivity contribution in [1.82, 2.24) is 0 Å². The zero-order chi connectivity index (χ0) is 56.4. The van der Waals surface area contributed by atoms with Crippen molar-refractivity contribution in [3.05, 3.63) is 60.8 Å². The molecule has 0 saturated heterocycles. The van der Waals surface area contributed by atoms with E-state index >= 15 is 0 Å². The van der Waals surface area contributed by atoms with Crippen LogP contribution in [0.5, 0.6) is 0 Å². The Bertz CT molecular complexity index is 1390. The van der Waals surface area contributed by atoms with Crippen molar-refractivity contribution in [3.63, 3.8) is 0 Å². The van der Waals surface area contributed by atoms with Gasteiger partial charge >= 0.3 is 17.9 Å². The summed E-state index contributed by atoms with van der Waals surface area (Å²) < 4.78 is 17.0. The van der Waals surface area contributed by atoms with Gasteiger partial charge in [-0.2, -0.15) is 0 Å². The van der Waals surface area contributed by atoms with Crippen LogP contribution >= 0.6 is 0 Å². The summed E-state index contributed by atoms with van der Waals surface area (Å²) in [5, 5.41) is 0. The quantitative estimate of drug-likeness (QED) is 0.0261. The molecule has 0 rings (SSSR count). The summed E-state index contributed by atoms with van der Waals surface area (Å²) in [7, 11) is 0. The molecule has 1 atom stereocenters. The molecule has 0 aliphatic carbocycles. The molecule has 0 N–H and O–H groups in total. The lowest BCUT2D eigenvalue weighted by Crippen LogP contribution is -2.30. The van der Waals surface area contributed by atoms with Crippen LogP contribution in [-0.2, 0) is 28.6 Å². The Kier molecular flexibility index (Phi) is 64.2. The first-order chi connectivity index (χ1) is 38.5. The molecule has 0 fully saturated rings. The fourth-order valence-electron chi connectivity index (χ4n) is 10.1. The number of ether oxygens (including phenoxy) is 3. The Morgan fingerprint density at radius 3 is 0.744 bits per heavy atom. The maximum absolute atomic E-state index is 12.9. The van der Waals surface area contributed by atoms with E-state index in [1.54, 1.807) is 0 Å². The van der Waals surface area contributed by atoms with E-state index < -0.39 is 6.10 Å². The highest BCUT2D eigenvalue weighted by atomic mass is 16.6. The summed E-state index contributed by atoms with van der Waals surface area (Å²) in [5.74, 6) is -0.887. The summed E-state index contributed by atoms with van der Waals surface area (Å²) in [4.78, 5) is 38.4. The fraction of sp³-hybridized carbons (Fsp3) is 0.819. The second-order valence-corrected chi connectivity index (χ2v) is 23.1. The topological polar surface area (TPSA) is 78.9 Å². The van der Waals surface area contributed by atoms with Crippen molar-refractivity contribution in [3.8, 4) is 0 Å². The van der Waals surface area contributed by atoms with Crippen molar-refractivity contribution in [1.29, 1.82) is 0 Å². The molecule has 6 heteroatoms. The van der Waals surface area contributed by atoms with Crippen LogP contribution in [0.4, 0.5) is 0 Å². The first kappa shape index (κ1) is 75.1. The Morgan fingerprint density at radius 2 is 0.462 bits per heavy atom. The third-order valence-corrected chi connectivity index (χ3v) is 15.2. The molecule has 0 aromatic rings. The van der Waals surface area contributed by atoms with E-state index in [1.807, 2.05) is 0 Å². The molecule has 1 unspecified atom stereocenters. The minimum atomic E-state index is -0.787. The van der Waals surface area contributed by atoms with Crippen molar-refractivity contribution < 1.29 is 28.6 Å². The Balaban J connectivity index is 4.33. The predicted molar refractivity (Wildman–Crippen MR) is 339 cm³/mol. The van der Waals surface area contributed by atoms with Gasteiger partial charge in [-0.3, -0.25) is 14.4 Å². The molecule has 78 heavy (non-hydrogen) atoms. The molecule has 0 saturated carbocycles. The molecule has 0 radical (unpaired) electrons. The second-order valence-electron chi connectivity index (χ2n) is 23.1. The molecule has 0 aliphatic heterocycles. The van der Waals surface area contributed by atoms with Crippen molar-refractivity contribution in [2.45, 2.75) is 367 Å². The average molecular weight is 1090 g/mol. The van der Waals surface area contributed by atoms with E-state index in [2.05, 4.69) is 81.5 Å². The van der Waals surface area contributed by atoms with Gasteiger partial charge in [-0.15, -0.1) is 0 Å². The van der Waals surface area contributed by atoms with E-state index in [-0.39, 0.29) is 31.1 Å². The van der Waals surface area contributed by atoms with Gasteiger partial charge in [-0.05, 0) is 89.9 Å². The van der Waals surface area contributed by atoms with Gasteiger partial charge in [-0.1, -0.05) is 313 Å². The van der Waals surface area contributed by atoms with Crippen LogP contribution in [-0.4, -0.2) is 37.2 Å². The molecular weight excluding hydrogens is 961 g/mol. The van der Waals surface area contributed by atoms with Crippen LogP contribution in [0.15, 0.2) is 60.8 Å². The van der Waals surface area contributed by atoms with Crippen LogP contribution in [0.25, 0.3) is 0 Å². The Labute approximate surface area is 485 Å². The minimum absolute atomic E-state index is 0.0810. The molecule has 0 aliphatic rings. The van der Waals surface area contributed by atoms with Gasteiger partial charge in [-0.25, -0.2) is 0 Å². The third kappa shape index (κ3) is 63.9. The van der Waals surface area contributed by atoms with Crippen molar-refractivity contribution >= 4 is 17.9 Å². The van der Waals surface area contributed by atoms with E-state index in [9.17, 15) is 14.4 Å². The predicted octanol–water partition coefficient (Wildman–Crippen LogP) is 23.5. The highest BCUT2D eigenvalue weighted by molar-refractivity contribution is 5.71. The first-order valence-corrected chi connectivity index (χ1v) is 34.3. The van der Waals surface area contributed by atoms with Gasteiger partial charge in [0.1, 0.15) is 13.2 Å². The largest absolute Gasteiger partial charge is 0.462 e. The molecule has 454 valence electrons. The lowest BCUT2D eigenvalue weighted by Gasteiger charge is -2.18. The van der Waals surface area contributed by atoms with Gasteiger partial charge in [0.25, 0.3) is 0 Å². The lowest BCUT2D eigenvalue weighted by atomic mass is 10.0. The minimum Gasteiger partial charge on any atom is -0.462 e. The van der Waals surface area contributed by atoms with Crippen LogP contribution in [0.3, 0.4) is 0 Å². The number of rotatable bonds is 63. The summed E-state index contributed by atoms with van der Waals surface area (Å²) in [5.41, 5.74) is 0. The molecule has 6 nitrogen and oxygen atoms in total. The van der Waals surface area contributed by atoms with Crippen LogP contribution in [0.2, 0.25) is 0 Å². The molecule has 0 amide bonds. The van der Waals surface area contributed by atoms with Gasteiger partial charge in [0, 0.05) is 19.3 Å². The Morgan fingerprint density at radius 1 is 0.256 bits per heavy atom. The smallest absolute Gasteiger partial charge is 0.306 e. The second kappa shape index (κ2) is 66.6. The lowest BCUT2D eigenvalue weighted by molar-refractivity contribution is -0.167. The molecule has 0 spiro atoms. The number of carbonyl (C=O) groups excluding carboxylic acids is 3. The monoisotopic (exact) mass is 1090 g/mol. The van der Waals surface area contributed by atoms with E-state index in [1.165, 1.54) is 218 Å². The molecule has 0 bridgehead atoms. The highest BCUT2D eigenvalue weighted by Crippen LogP contribution is 2.18. The van der Waals surface area contributed by atoms with Gasteiger partial charge in [0.15, 0.2) is 6.10 Å². The van der Waals surface area contributed by atoms with Crippen LogP contribution in [0, 0.1) is 0 Å². The molecular formula is C72H130O6. The van der Waals surface area contributed by atoms with E-state index in [0.717, 1.165) is 103 Å². The van der Waals surface area contributed by atoms with E-state index in [4.69, 9.17) is 14.2 Å². The number of carbonyl (C=O) groups is 3. The SMILES string of the molecule is CCCCC/C=C\C/C=C\CCCCCCCC(=O)OCC(COC(=O)CCCCCCCCCCCCCCCCCCCCCCCCCC)OC(=O)CCCCCCCC/C=C\C/C=C\C/C=C\CCCCCCC. The highest BCUT2D eigenvalue weighted by Gasteiger charge is 2.19. The van der Waals surface area contributed by atoms with Gasteiger partial charge in [0.2, 0.25) is 0 Å². The maximum atomic E-state index is 12.9. The zero-order valence-corrected chi connectivity index (χ0v) is 52.2. The molecule has 0 aromatic carbocycles. The summed E-state index contributed by atoms with van der Waals surface area (Å²) in [6.45, 7) is 6.64. The summed E-state index contributed by atoms with van der Waals surface area (Å²) in [6, 6.07) is 0. The van der Waals surface area contributed by atoms with Crippen molar-refractivity contribution in [2.75, 3.05) is 13.2 Å². The van der Waals surface area contributed by atoms with Crippen molar-refractivity contribution in [2.24, 2.45) is 0 Å². The normalized spacial score (nSPS) is 12.4. The maximum Gasteiger partial charge on any atom is 0.306 e. The standard InChI is InChI=1S/C72H130O6/c1-4-7-10-13-16-19-22-25-28-30-32-34-35-36-38-39-41-44-47-50-53-56-59-62-65-71(74)77-68-69(67-76-70(73)64-61-58-55-52-49-46-43-27-24-21-18-15-12-9-6-3)78-72(75)66-63-60-57-54-51-48-45-42-40-37-33-31-29-26-23-20-17-14-11-8-5-2/h18,21,23,26-27,31,33,40,42-43,69H,4-17,19-20,22,24-25,28-30,32,34-39,41,44-68H2,1-3H3/b21-18-,26-23-,33-31-,42-40-,43-27-. The summed E-state index contributed by atoms with van der Waals surface area (Å²) >= 11 is 0. The Hall–Kier alpha value is -2.89. The average Bonchev–Trinajstić information content (AvgIpc) is 3.44. The number of allylic oxidation sites excluding steroid dienone is 10. The van der Waals surface area contributed by atoms with Crippen LogP contribution in [0.1, 0.15) is 361 Å². The first-order valence-electron chi connectivity index (χ1n) is 34.3. The number of esters is 3.